The number of nitrogens with one attached hydrogen (secondary N) is 2. The summed E-state index contributed by atoms with van der Waals surface area (Å²) >= 11 is 7.44. The third-order valence-electron chi connectivity index (χ3n) is 6.05. The topological polar surface area (TPSA) is 82.0 Å². The van der Waals surface area contributed by atoms with Gasteiger partial charge in [0.15, 0.2) is 5.78 Å². The van der Waals surface area contributed by atoms with Crippen LogP contribution in [-0.2, 0) is 9.59 Å². The van der Waals surface area contributed by atoms with Crippen molar-refractivity contribution >= 4 is 40.7 Å². The fourth-order valence-corrected chi connectivity index (χ4v) is 5.36. The first-order valence-corrected chi connectivity index (χ1v) is 12.2. The lowest BCUT2D eigenvalue weighted by Gasteiger charge is -2.33. The summed E-state index contributed by atoms with van der Waals surface area (Å²) in [5, 5.41) is 17.6. The summed E-state index contributed by atoms with van der Waals surface area (Å²) in [6, 6.07) is 15.6. The van der Waals surface area contributed by atoms with Gasteiger partial charge in [0.25, 0.3) is 0 Å². The van der Waals surface area contributed by atoms with E-state index in [1.54, 1.807) is 12.1 Å². The number of thioether (sulfide) groups is 1. The van der Waals surface area contributed by atoms with Gasteiger partial charge in [-0.15, -0.1) is 0 Å². The van der Waals surface area contributed by atoms with E-state index in [0.29, 0.717) is 33.3 Å². The predicted octanol–water partition coefficient (Wildman–Crippen LogP) is 5.76. The predicted molar refractivity (Wildman–Crippen MR) is 133 cm³/mol. The van der Waals surface area contributed by atoms with Gasteiger partial charge < -0.3 is 10.6 Å². The molecule has 0 spiro atoms. The second kappa shape index (κ2) is 9.86. The van der Waals surface area contributed by atoms with E-state index >= 15 is 0 Å². The van der Waals surface area contributed by atoms with Crippen molar-refractivity contribution in [2.75, 3.05) is 11.1 Å². The first-order chi connectivity index (χ1) is 15.9. The van der Waals surface area contributed by atoms with Gasteiger partial charge in [0.1, 0.15) is 0 Å². The summed E-state index contributed by atoms with van der Waals surface area (Å²) in [6.07, 6.45) is 2.02. The second-order valence-corrected chi connectivity index (χ2v) is 9.58. The van der Waals surface area contributed by atoms with E-state index in [0.717, 1.165) is 35.2 Å². The van der Waals surface area contributed by atoms with Crippen LogP contribution in [0.1, 0.15) is 41.9 Å². The average Bonchev–Trinajstić information content (AvgIpc) is 2.80. The van der Waals surface area contributed by atoms with Crippen molar-refractivity contribution < 1.29 is 9.59 Å². The van der Waals surface area contributed by atoms with Crippen LogP contribution >= 0.6 is 23.4 Å². The van der Waals surface area contributed by atoms with Crippen molar-refractivity contribution in [3.63, 3.8) is 0 Å². The Bertz CT molecular complexity index is 1240. The Labute approximate surface area is 202 Å². The number of nitriles is 1. The normalized spacial score (nSPS) is 17.9. The van der Waals surface area contributed by atoms with Crippen molar-refractivity contribution in [1.29, 1.82) is 5.26 Å². The maximum Gasteiger partial charge on any atom is 0.234 e. The van der Waals surface area contributed by atoms with E-state index < -0.39 is 5.92 Å². The van der Waals surface area contributed by atoms with Crippen LogP contribution in [0.3, 0.4) is 0 Å². The largest absolute Gasteiger partial charge is 0.352 e. The third-order valence-corrected chi connectivity index (χ3v) is 7.48. The Hall–Kier alpha value is -3.01. The van der Waals surface area contributed by atoms with E-state index in [1.807, 2.05) is 44.2 Å². The van der Waals surface area contributed by atoms with Gasteiger partial charge in [0, 0.05) is 28.4 Å². The zero-order valence-electron chi connectivity index (χ0n) is 18.5. The Kier molecular flexibility index (Phi) is 6.92. The first kappa shape index (κ1) is 23.2. The molecule has 1 heterocycles. The van der Waals surface area contributed by atoms with E-state index in [1.165, 1.54) is 11.8 Å². The van der Waals surface area contributed by atoms with E-state index in [-0.39, 0.29) is 17.4 Å². The van der Waals surface area contributed by atoms with Gasteiger partial charge in [-0.25, -0.2) is 0 Å². The molecule has 33 heavy (non-hydrogen) atoms. The highest BCUT2D eigenvalue weighted by atomic mass is 35.5. The Morgan fingerprint density at radius 3 is 2.76 bits per heavy atom. The number of anilines is 1. The average molecular weight is 478 g/mol. The van der Waals surface area contributed by atoms with Gasteiger partial charge in [-0.1, -0.05) is 53.7 Å². The fraction of sp³-hybridized carbons (Fsp3) is 0.269. The lowest BCUT2D eigenvalue weighted by atomic mass is 9.76. The van der Waals surface area contributed by atoms with E-state index in [9.17, 15) is 14.9 Å². The van der Waals surface area contributed by atoms with Gasteiger partial charge in [0.2, 0.25) is 5.91 Å². The number of carbonyl (C=O) groups is 2. The molecule has 7 heteroatoms. The van der Waals surface area contributed by atoms with E-state index in [2.05, 4.69) is 16.7 Å². The number of aryl methyl sites for hydroxylation is 1. The Morgan fingerprint density at radius 2 is 2.00 bits per heavy atom. The Balaban J connectivity index is 1.63. The summed E-state index contributed by atoms with van der Waals surface area (Å²) < 4.78 is 0. The van der Waals surface area contributed by atoms with Crippen molar-refractivity contribution in [2.45, 2.75) is 39.0 Å². The molecule has 4 rings (SSSR count). The SMILES string of the molecule is Cc1ccccc1C1C(C#N)=C(SCC(=O)Nc2cccc(Cl)c2C)NC2=C1C(=O)CCC2. The maximum atomic E-state index is 12.9. The van der Waals surface area contributed by atoms with Gasteiger partial charge >= 0.3 is 0 Å². The monoisotopic (exact) mass is 477 g/mol. The van der Waals surface area contributed by atoms with Crippen molar-refractivity contribution in [3.8, 4) is 6.07 Å². The van der Waals surface area contributed by atoms with Crippen LogP contribution in [0, 0.1) is 25.2 Å². The van der Waals surface area contributed by atoms with Gasteiger partial charge in [0.05, 0.1) is 28.3 Å². The van der Waals surface area contributed by atoms with Crippen molar-refractivity contribution in [2.24, 2.45) is 0 Å². The standard InChI is InChI=1S/C26H24ClN3O2S/c1-15-7-3-4-8-17(15)24-18(13-28)26(30-21-11-6-12-22(31)25(21)24)33-14-23(32)29-20-10-5-9-19(27)16(20)2/h3-5,7-10,24,30H,6,11-12,14H2,1-2H3,(H,29,32). The Morgan fingerprint density at radius 1 is 1.21 bits per heavy atom. The minimum Gasteiger partial charge on any atom is -0.352 e. The lowest BCUT2D eigenvalue weighted by molar-refractivity contribution is -0.116. The summed E-state index contributed by atoms with van der Waals surface area (Å²) in [5.41, 5.74) is 5.49. The van der Waals surface area contributed by atoms with Crippen LogP contribution < -0.4 is 10.6 Å². The number of carbonyl (C=O) groups excluding carboxylic acids is 2. The van der Waals surface area contributed by atoms with Crippen LogP contribution in [0.2, 0.25) is 5.02 Å². The molecule has 0 radical (unpaired) electrons. The molecule has 1 amide bonds. The molecule has 1 aliphatic carbocycles. The number of hydrogen-bond acceptors (Lipinski definition) is 5. The second-order valence-electron chi connectivity index (χ2n) is 8.19. The number of nitrogens with zero attached hydrogens (tertiary/aromatic N) is 1. The zero-order valence-corrected chi connectivity index (χ0v) is 20.1. The number of Topliss-reactive ketones (excluding diaryl/α,β-unsaturated/α-hetero) is 1. The minimum atomic E-state index is -0.416. The quantitative estimate of drug-likeness (QED) is 0.572. The van der Waals surface area contributed by atoms with Crippen LogP contribution in [0.4, 0.5) is 5.69 Å². The number of dihydropyridines is 1. The van der Waals surface area contributed by atoms with Gasteiger partial charge in [-0.2, -0.15) is 5.26 Å². The van der Waals surface area contributed by atoms with Crippen LogP contribution in [0.25, 0.3) is 0 Å². The molecule has 0 aromatic heterocycles. The zero-order chi connectivity index (χ0) is 23.5. The molecule has 0 bridgehead atoms. The number of benzene rings is 2. The molecular weight excluding hydrogens is 454 g/mol. The van der Waals surface area contributed by atoms with E-state index in [4.69, 9.17) is 11.6 Å². The summed E-state index contributed by atoms with van der Waals surface area (Å²) in [4.78, 5) is 25.6. The van der Waals surface area contributed by atoms with Crippen LogP contribution in [-0.4, -0.2) is 17.4 Å². The van der Waals surface area contributed by atoms with Crippen LogP contribution in [0.15, 0.2) is 64.3 Å². The first-order valence-electron chi connectivity index (χ1n) is 10.8. The highest BCUT2D eigenvalue weighted by Gasteiger charge is 2.37. The fourth-order valence-electron chi connectivity index (χ4n) is 4.33. The number of rotatable bonds is 5. The molecule has 0 saturated heterocycles. The molecule has 0 saturated carbocycles. The highest BCUT2D eigenvalue weighted by molar-refractivity contribution is 8.03. The number of hydrogen-bond donors (Lipinski definition) is 2. The number of halogens is 1. The maximum absolute atomic E-state index is 12.9. The molecule has 5 nitrogen and oxygen atoms in total. The minimum absolute atomic E-state index is 0.0861. The summed E-state index contributed by atoms with van der Waals surface area (Å²) in [7, 11) is 0. The molecule has 1 atom stereocenters. The molecular formula is C26H24ClN3O2S. The number of amides is 1. The number of ketones is 1. The van der Waals surface area contributed by atoms with Crippen molar-refractivity contribution in [1.82, 2.24) is 5.32 Å². The van der Waals surface area contributed by atoms with Crippen LogP contribution in [0.5, 0.6) is 0 Å². The van der Waals surface area contributed by atoms with Gasteiger partial charge in [-0.3, -0.25) is 9.59 Å². The number of allylic oxidation sites excluding steroid dienone is 3. The molecule has 2 N–H and O–H groups in total. The van der Waals surface area contributed by atoms with Gasteiger partial charge in [-0.05, 0) is 55.5 Å². The van der Waals surface area contributed by atoms with Crippen molar-refractivity contribution in [3.05, 3.63) is 86.0 Å². The third kappa shape index (κ3) is 4.71. The summed E-state index contributed by atoms with van der Waals surface area (Å²) in [5.74, 6) is -0.399. The highest BCUT2D eigenvalue weighted by Crippen LogP contribution is 2.44. The molecule has 168 valence electrons. The molecule has 2 aliphatic rings. The molecule has 2 aromatic rings. The summed E-state index contributed by atoms with van der Waals surface area (Å²) in [6.45, 7) is 3.85. The smallest absolute Gasteiger partial charge is 0.234 e. The molecule has 0 fully saturated rings. The molecule has 2 aromatic carbocycles. The lowest BCUT2D eigenvalue weighted by Crippen LogP contribution is -2.32. The molecule has 1 unspecified atom stereocenters. The molecule has 1 aliphatic heterocycles.